The first-order valence-electron chi connectivity index (χ1n) is 11.0. The van der Waals surface area contributed by atoms with Crippen LogP contribution in [-0.2, 0) is 4.74 Å². The number of methoxy groups -OCH3 is 2. The Labute approximate surface area is 208 Å². The van der Waals surface area contributed by atoms with Crippen LogP contribution in [-0.4, -0.2) is 30.3 Å². The summed E-state index contributed by atoms with van der Waals surface area (Å²) >= 11 is 5.78. The highest BCUT2D eigenvalue weighted by molar-refractivity contribution is 7.80. The lowest BCUT2D eigenvalue weighted by Crippen LogP contribution is -2.29. The average Bonchev–Trinajstić information content (AvgIpc) is 3.53. The fraction of sp³-hybridized carbons (Fsp3) is 0.148. The van der Waals surface area contributed by atoms with E-state index in [-0.39, 0.29) is 12.1 Å². The number of furan rings is 1. The standard InChI is InChI=1S/C27H23N3O4S/c1-32-22-13-6-5-12-20(22)30-25(24(29-27(30)35)19-11-7-8-16-28-19)23-15-14-21(34-23)17-9-3-4-10-18(17)26(31)33-2/h3-16,24-25H,1-2H3,(H,29,35)/t24-,25-/m1/s1. The van der Waals surface area contributed by atoms with Crippen molar-refractivity contribution in [3.8, 4) is 17.1 Å². The summed E-state index contributed by atoms with van der Waals surface area (Å²) in [6, 6.07) is 23.8. The summed E-state index contributed by atoms with van der Waals surface area (Å²) in [7, 11) is 2.99. The molecule has 7 nitrogen and oxygen atoms in total. The molecule has 4 aromatic rings. The highest BCUT2D eigenvalue weighted by Gasteiger charge is 2.43. The molecule has 176 valence electrons. The Hall–Kier alpha value is -4.17. The average molecular weight is 486 g/mol. The number of ether oxygens (including phenoxy) is 2. The van der Waals surface area contributed by atoms with Crippen LogP contribution in [0.4, 0.5) is 5.69 Å². The van der Waals surface area contributed by atoms with E-state index in [9.17, 15) is 4.79 Å². The van der Waals surface area contributed by atoms with Crippen LogP contribution in [0.25, 0.3) is 11.3 Å². The molecule has 3 heterocycles. The van der Waals surface area contributed by atoms with E-state index in [4.69, 9.17) is 26.1 Å². The summed E-state index contributed by atoms with van der Waals surface area (Å²) < 4.78 is 17.0. The first kappa shape index (κ1) is 22.6. The number of hydrogen-bond donors (Lipinski definition) is 1. The summed E-state index contributed by atoms with van der Waals surface area (Å²) in [6.07, 6.45) is 1.75. The van der Waals surface area contributed by atoms with Gasteiger partial charge in [-0.2, -0.15) is 0 Å². The number of hydrogen-bond acceptors (Lipinski definition) is 6. The molecule has 2 aromatic carbocycles. The van der Waals surface area contributed by atoms with Crippen molar-refractivity contribution < 1.29 is 18.7 Å². The van der Waals surface area contributed by atoms with Crippen LogP contribution in [0.15, 0.2) is 89.5 Å². The van der Waals surface area contributed by atoms with Gasteiger partial charge < -0.3 is 24.1 Å². The van der Waals surface area contributed by atoms with Gasteiger partial charge in [0.05, 0.1) is 37.2 Å². The van der Waals surface area contributed by atoms with E-state index in [1.807, 2.05) is 71.6 Å². The lowest BCUT2D eigenvalue weighted by molar-refractivity contribution is 0.0601. The summed E-state index contributed by atoms with van der Waals surface area (Å²) in [5, 5.41) is 3.94. The van der Waals surface area contributed by atoms with Crippen LogP contribution >= 0.6 is 12.2 Å². The van der Waals surface area contributed by atoms with Crippen molar-refractivity contribution in [2.45, 2.75) is 12.1 Å². The molecule has 5 rings (SSSR count). The Kier molecular flexibility index (Phi) is 6.20. The van der Waals surface area contributed by atoms with Gasteiger partial charge in [-0.25, -0.2) is 4.79 Å². The maximum absolute atomic E-state index is 12.3. The van der Waals surface area contributed by atoms with E-state index >= 15 is 0 Å². The second-order valence-electron chi connectivity index (χ2n) is 7.91. The fourth-order valence-corrected chi connectivity index (χ4v) is 4.71. The van der Waals surface area contributed by atoms with Crippen LogP contribution in [0.5, 0.6) is 5.75 Å². The quantitative estimate of drug-likeness (QED) is 0.291. The van der Waals surface area contributed by atoms with Gasteiger partial charge in [-0.05, 0) is 54.7 Å². The van der Waals surface area contributed by atoms with Crippen molar-refractivity contribution >= 4 is 29.0 Å². The molecular weight excluding hydrogens is 462 g/mol. The van der Waals surface area contributed by atoms with Gasteiger partial charge >= 0.3 is 5.97 Å². The summed E-state index contributed by atoms with van der Waals surface area (Å²) in [5.41, 5.74) is 2.71. The number of nitrogens with zero attached hydrogens (tertiary/aromatic N) is 2. The molecule has 2 atom stereocenters. The third-order valence-corrected chi connectivity index (χ3v) is 6.27. The Bertz CT molecular complexity index is 1370. The van der Waals surface area contributed by atoms with E-state index in [1.54, 1.807) is 25.4 Å². The molecule has 0 spiro atoms. The highest BCUT2D eigenvalue weighted by atomic mass is 32.1. The van der Waals surface area contributed by atoms with Gasteiger partial charge in [0.25, 0.3) is 0 Å². The fourth-order valence-electron chi connectivity index (χ4n) is 4.37. The monoisotopic (exact) mass is 485 g/mol. The molecule has 1 saturated heterocycles. The molecule has 1 aliphatic rings. The summed E-state index contributed by atoms with van der Waals surface area (Å²) in [5.74, 6) is 1.47. The van der Waals surface area contributed by atoms with Gasteiger partial charge in [0.2, 0.25) is 0 Å². The number of benzene rings is 2. The maximum Gasteiger partial charge on any atom is 0.338 e. The zero-order chi connectivity index (χ0) is 24.4. The molecule has 1 aliphatic heterocycles. The van der Waals surface area contributed by atoms with Crippen LogP contribution < -0.4 is 15.0 Å². The molecule has 1 fully saturated rings. The van der Waals surface area contributed by atoms with Crippen molar-refractivity contribution in [2.24, 2.45) is 0 Å². The Balaban J connectivity index is 1.63. The van der Waals surface area contributed by atoms with Gasteiger partial charge in [0, 0.05) is 11.8 Å². The zero-order valence-electron chi connectivity index (χ0n) is 19.2. The Morgan fingerprint density at radius 2 is 1.77 bits per heavy atom. The molecule has 1 N–H and O–H groups in total. The number of carbonyl (C=O) groups excluding carboxylic acids is 1. The van der Waals surface area contributed by atoms with E-state index in [2.05, 4.69) is 10.3 Å². The largest absolute Gasteiger partial charge is 0.495 e. The first-order chi connectivity index (χ1) is 17.1. The minimum Gasteiger partial charge on any atom is -0.495 e. The van der Waals surface area contributed by atoms with E-state index < -0.39 is 5.97 Å². The van der Waals surface area contributed by atoms with Crippen LogP contribution in [0.3, 0.4) is 0 Å². The number of carbonyl (C=O) groups is 1. The number of nitrogens with one attached hydrogen (secondary N) is 1. The molecule has 2 aromatic heterocycles. The van der Waals surface area contributed by atoms with Gasteiger partial charge in [0.15, 0.2) is 5.11 Å². The third-order valence-electron chi connectivity index (χ3n) is 5.96. The van der Waals surface area contributed by atoms with Crippen molar-refractivity contribution in [1.29, 1.82) is 0 Å². The smallest absolute Gasteiger partial charge is 0.338 e. The second-order valence-corrected chi connectivity index (χ2v) is 8.29. The summed E-state index contributed by atoms with van der Waals surface area (Å²) in [4.78, 5) is 18.9. The number of para-hydroxylation sites is 2. The van der Waals surface area contributed by atoms with Gasteiger partial charge in [0.1, 0.15) is 23.3 Å². The molecule has 0 unspecified atom stereocenters. The van der Waals surface area contributed by atoms with Gasteiger partial charge in [-0.1, -0.05) is 36.4 Å². The minimum atomic E-state index is -0.427. The van der Waals surface area contributed by atoms with Crippen molar-refractivity contribution in [2.75, 3.05) is 19.1 Å². The van der Waals surface area contributed by atoms with Crippen LogP contribution in [0, 0.1) is 0 Å². The lowest BCUT2D eigenvalue weighted by atomic mass is 10.0. The number of esters is 1. The summed E-state index contributed by atoms with van der Waals surface area (Å²) in [6.45, 7) is 0. The number of anilines is 1. The normalized spacial score (nSPS) is 17.2. The lowest BCUT2D eigenvalue weighted by Gasteiger charge is -2.27. The number of thiocarbonyl (C=S) groups is 1. The molecule has 8 heteroatoms. The molecule has 0 saturated carbocycles. The van der Waals surface area contributed by atoms with Gasteiger partial charge in [-0.3, -0.25) is 4.98 Å². The highest BCUT2D eigenvalue weighted by Crippen LogP contribution is 2.45. The Morgan fingerprint density at radius 3 is 2.54 bits per heavy atom. The minimum absolute atomic E-state index is 0.275. The van der Waals surface area contributed by atoms with E-state index in [0.29, 0.717) is 33.5 Å². The topological polar surface area (TPSA) is 76.8 Å². The zero-order valence-corrected chi connectivity index (χ0v) is 20.0. The second kappa shape index (κ2) is 9.60. The number of rotatable bonds is 6. The van der Waals surface area contributed by atoms with Crippen LogP contribution in [0.2, 0.25) is 0 Å². The Morgan fingerprint density at radius 1 is 1.00 bits per heavy atom. The number of pyridine rings is 1. The third kappa shape index (κ3) is 4.13. The molecule has 0 aliphatic carbocycles. The molecule has 35 heavy (non-hydrogen) atoms. The number of aromatic nitrogens is 1. The molecule has 0 amide bonds. The maximum atomic E-state index is 12.3. The predicted octanol–water partition coefficient (Wildman–Crippen LogP) is 5.31. The van der Waals surface area contributed by atoms with Crippen molar-refractivity contribution in [3.63, 3.8) is 0 Å². The molecule has 0 bridgehead atoms. The molecule has 0 radical (unpaired) electrons. The SMILES string of the molecule is COC(=O)c1ccccc1-c1ccc([C@@H]2[C@@H](c3ccccn3)NC(=S)N2c2ccccc2OC)o1. The predicted molar refractivity (Wildman–Crippen MR) is 136 cm³/mol. The van der Waals surface area contributed by atoms with Crippen molar-refractivity contribution in [1.82, 2.24) is 10.3 Å². The van der Waals surface area contributed by atoms with Gasteiger partial charge in [-0.15, -0.1) is 0 Å². The van der Waals surface area contributed by atoms with Crippen molar-refractivity contribution in [3.05, 3.63) is 102 Å². The van der Waals surface area contributed by atoms with Crippen LogP contribution in [0.1, 0.15) is 33.9 Å². The first-order valence-corrected chi connectivity index (χ1v) is 11.4. The molecular formula is C27H23N3O4S. The van der Waals surface area contributed by atoms with E-state index in [1.165, 1.54) is 7.11 Å². The van der Waals surface area contributed by atoms with E-state index in [0.717, 1.165) is 11.4 Å².